The highest BCUT2D eigenvalue weighted by Crippen LogP contribution is 2.23. The van der Waals surface area contributed by atoms with Crippen molar-refractivity contribution >= 4 is 17.6 Å². The smallest absolute Gasteiger partial charge is 0.205 e. The Bertz CT molecular complexity index is 808. The molecule has 1 heterocycles. The lowest BCUT2D eigenvalue weighted by atomic mass is 9.96. The molecule has 0 N–H and O–H groups in total. The van der Waals surface area contributed by atoms with Crippen LogP contribution in [0.15, 0.2) is 45.8 Å². The Labute approximate surface area is 141 Å². The summed E-state index contributed by atoms with van der Waals surface area (Å²) in [5.74, 6) is 0.532. The van der Waals surface area contributed by atoms with Gasteiger partial charge in [-0.3, -0.25) is 4.99 Å². The molecule has 1 atom stereocenters. The van der Waals surface area contributed by atoms with Gasteiger partial charge in [-0.2, -0.15) is 5.10 Å². The van der Waals surface area contributed by atoms with Crippen LogP contribution in [0.2, 0.25) is 0 Å². The van der Waals surface area contributed by atoms with Crippen LogP contribution in [-0.2, 0) is 0 Å². The molecular formula is C19H23N3S. The number of benzene rings is 1. The van der Waals surface area contributed by atoms with Gasteiger partial charge in [0.2, 0.25) is 4.80 Å². The second-order valence-electron chi connectivity index (χ2n) is 6.05. The number of rotatable bonds is 3. The van der Waals surface area contributed by atoms with Crippen LogP contribution in [0, 0.1) is 19.8 Å². The number of aromatic nitrogens is 1. The molecule has 0 amide bonds. The van der Waals surface area contributed by atoms with Crippen molar-refractivity contribution in [1.82, 2.24) is 4.68 Å². The normalized spacial score (nSPS) is 18.9. The van der Waals surface area contributed by atoms with Crippen molar-refractivity contribution < 1.29 is 0 Å². The standard InChI is InChI=1S/C19H23N3S/c1-14-9-10-17(11-15(14)2)18-13-23-19(20-3)22(18)21-12-16-7-5-4-6-8-16/h4-5,9-13,16H,6-8H2,1-3H3. The van der Waals surface area contributed by atoms with Crippen molar-refractivity contribution in [3.05, 3.63) is 51.7 Å². The first-order valence-corrected chi connectivity index (χ1v) is 8.97. The van der Waals surface area contributed by atoms with E-state index in [1.165, 1.54) is 23.1 Å². The average molecular weight is 325 g/mol. The van der Waals surface area contributed by atoms with E-state index < -0.39 is 0 Å². The van der Waals surface area contributed by atoms with Crippen LogP contribution in [-0.4, -0.2) is 17.9 Å². The highest BCUT2D eigenvalue weighted by atomic mass is 32.1. The zero-order valence-corrected chi connectivity index (χ0v) is 14.8. The lowest BCUT2D eigenvalue weighted by Gasteiger charge is -2.12. The molecule has 0 spiro atoms. The Kier molecular flexibility index (Phi) is 4.91. The molecule has 4 heteroatoms. The van der Waals surface area contributed by atoms with E-state index >= 15 is 0 Å². The van der Waals surface area contributed by atoms with Gasteiger partial charge in [-0.1, -0.05) is 24.3 Å². The Hall–Kier alpha value is -1.94. The lowest BCUT2D eigenvalue weighted by Crippen LogP contribution is -2.13. The SMILES string of the molecule is CN=c1scc(-c2ccc(C)c(C)c2)n1N=CC1CC=CCC1. The molecule has 0 radical (unpaired) electrons. The van der Waals surface area contributed by atoms with Crippen molar-refractivity contribution in [2.24, 2.45) is 16.0 Å². The van der Waals surface area contributed by atoms with Crippen LogP contribution in [0.3, 0.4) is 0 Å². The van der Waals surface area contributed by atoms with Gasteiger partial charge in [0, 0.05) is 24.2 Å². The topological polar surface area (TPSA) is 29.6 Å². The van der Waals surface area contributed by atoms with E-state index in [4.69, 9.17) is 5.10 Å². The van der Waals surface area contributed by atoms with Gasteiger partial charge in [0.15, 0.2) is 0 Å². The van der Waals surface area contributed by atoms with E-state index in [2.05, 4.69) is 60.8 Å². The van der Waals surface area contributed by atoms with Crippen LogP contribution >= 0.6 is 11.3 Å². The zero-order valence-electron chi connectivity index (χ0n) is 14.0. The number of allylic oxidation sites excluding steroid dienone is 2. The number of aryl methyl sites for hydroxylation is 2. The van der Waals surface area contributed by atoms with E-state index in [1.54, 1.807) is 11.3 Å². The van der Waals surface area contributed by atoms with Crippen LogP contribution in [0.5, 0.6) is 0 Å². The van der Waals surface area contributed by atoms with E-state index in [1.807, 2.05) is 11.7 Å². The van der Waals surface area contributed by atoms with E-state index in [9.17, 15) is 0 Å². The number of nitrogens with zero attached hydrogens (tertiary/aromatic N) is 3. The molecule has 3 rings (SSSR count). The maximum absolute atomic E-state index is 4.76. The summed E-state index contributed by atoms with van der Waals surface area (Å²) < 4.78 is 1.98. The average Bonchev–Trinajstić information content (AvgIpc) is 2.99. The van der Waals surface area contributed by atoms with E-state index in [-0.39, 0.29) is 0 Å². The van der Waals surface area contributed by atoms with E-state index in [0.29, 0.717) is 5.92 Å². The summed E-state index contributed by atoms with van der Waals surface area (Å²) in [7, 11) is 1.82. The number of thiazole rings is 1. The minimum absolute atomic E-state index is 0.532. The molecule has 0 saturated heterocycles. The second-order valence-corrected chi connectivity index (χ2v) is 6.88. The summed E-state index contributed by atoms with van der Waals surface area (Å²) in [4.78, 5) is 5.31. The molecule has 1 aromatic carbocycles. The predicted octanol–water partition coefficient (Wildman–Crippen LogP) is 4.55. The van der Waals surface area contributed by atoms with Crippen molar-refractivity contribution in [3.8, 4) is 11.3 Å². The van der Waals surface area contributed by atoms with Gasteiger partial charge >= 0.3 is 0 Å². The molecule has 0 aliphatic heterocycles. The molecule has 0 fully saturated rings. The molecule has 0 saturated carbocycles. The summed E-state index contributed by atoms with van der Waals surface area (Å²) >= 11 is 1.64. The lowest BCUT2D eigenvalue weighted by molar-refractivity contribution is 0.621. The first-order chi connectivity index (χ1) is 11.2. The third kappa shape index (κ3) is 3.53. The molecule has 1 aliphatic rings. The first kappa shape index (κ1) is 15.9. The monoisotopic (exact) mass is 325 g/mol. The van der Waals surface area contributed by atoms with Gasteiger partial charge in [-0.05, 0) is 56.2 Å². The number of hydrogen-bond donors (Lipinski definition) is 0. The Morgan fingerprint density at radius 2 is 2.09 bits per heavy atom. The van der Waals surface area contributed by atoms with Crippen LogP contribution in [0.1, 0.15) is 30.4 Å². The van der Waals surface area contributed by atoms with Crippen molar-refractivity contribution in [2.75, 3.05) is 7.05 Å². The third-order valence-corrected chi connectivity index (χ3v) is 5.29. The summed E-state index contributed by atoms with van der Waals surface area (Å²) in [6.07, 6.45) is 10.0. The van der Waals surface area contributed by atoms with Crippen LogP contribution < -0.4 is 4.80 Å². The zero-order chi connectivity index (χ0) is 16.2. The highest BCUT2D eigenvalue weighted by Gasteiger charge is 2.10. The summed E-state index contributed by atoms with van der Waals surface area (Å²) in [5, 5.41) is 6.91. The molecule has 120 valence electrons. The highest BCUT2D eigenvalue weighted by molar-refractivity contribution is 7.07. The molecule has 0 bridgehead atoms. The fraction of sp³-hybridized carbons (Fsp3) is 0.368. The Balaban J connectivity index is 1.98. The minimum atomic E-state index is 0.532. The fourth-order valence-corrected chi connectivity index (χ4v) is 3.58. The molecule has 1 aromatic heterocycles. The predicted molar refractivity (Wildman–Crippen MR) is 99.1 cm³/mol. The molecule has 1 aliphatic carbocycles. The molecule has 2 aromatic rings. The Morgan fingerprint density at radius 1 is 1.22 bits per heavy atom. The first-order valence-electron chi connectivity index (χ1n) is 8.09. The molecule has 23 heavy (non-hydrogen) atoms. The second kappa shape index (κ2) is 7.09. The fourth-order valence-electron chi connectivity index (χ4n) is 2.77. The number of hydrogen-bond acceptors (Lipinski definition) is 3. The molecule has 1 unspecified atom stereocenters. The summed E-state index contributed by atoms with van der Waals surface area (Å²) in [5.41, 5.74) is 4.92. The summed E-state index contributed by atoms with van der Waals surface area (Å²) in [6.45, 7) is 4.29. The minimum Gasteiger partial charge on any atom is -0.261 e. The van der Waals surface area contributed by atoms with Crippen molar-refractivity contribution in [2.45, 2.75) is 33.1 Å². The van der Waals surface area contributed by atoms with Crippen molar-refractivity contribution in [3.63, 3.8) is 0 Å². The third-order valence-electron chi connectivity index (χ3n) is 4.38. The van der Waals surface area contributed by atoms with Crippen LogP contribution in [0.4, 0.5) is 0 Å². The van der Waals surface area contributed by atoms with Gasteiger partial charge in [0.1, 0.15) is 0 Å². The van der Waals surface area contributed by atoms with Gasteiger partial charge in [-0.15, -0.1) is 11.3 Å². The molecule has 3 nitrogen and oxygen atoms in total. The Morgan fingerprint density at radius 3 is 2.78 bits per heavy atom. The maximum atomic E-state index is 4.76. The van der Waals surface area contributed by atoms with Gasteiger partial charge in [0.05, 0.1) is 5.69 Å². The largest absolute Gasteiger partial charge is 0.261 e. The van der Waals surface area contributed by atoms with Crippen LogP contribution in [0.25, 0.3) is 11.3 Å². The van der Waals surface area contributed by atoms with Gasteiger partial charge in [-0.25, -0.2) is 4.68 Å². The van der Waals surface area contributed by atoms with E-state index in [0.717, 1.165) is 23.3 Å². The quantitative estimate of drug-likeness (QED) is 0.585. The summed E-state index contributed by atoms with van der Waals surface area (Å²) in [6, 6.07) is 6.57. The molecular weight excluding hydrogens is 302 g/mol. The maximum Gasteiger partial charge on any atom is 0.205 e. The van der Waals surface area contributed by atoms with Gasteiger partial charge < -0.3 is 0 Å². The van der Waals surface area contributed by atoms with Crippen molar-refractivity contribution in [1.29, 1.82) is 0 Å². The van der Waals surface area contributed by atoms with Gasteiger partial charge in [0.25, 0.3) is 0 Å².